The highest BCUT2D eigenvalue weighted by molar-refractivity contribution is 5.77. The van der Waals surface area contributed by atoms with Gasteiger partial charge in [0.2, 0.25) is 5.91 Å². The molecule has 1 N–H and O–H groups in total. The number of carbonyl (C=O) groups excluding carboxylic acids is 1. The van der Waals surface area contributed by atoms with Gasteiger partial charge in [0.1, 0.15) is 12.4 Å². The molecule has 1 aromatic carbocycles. The van der Waals surface area contributed by atoms with Crippen molar-refractivity contribution >= 4 is 12.0 Å². The summed E-state index contributed by atoms with van der Waals surface area (Å²) >= 11 is 0. The molecule has 0 bridgehead atoms. The molecule has 1 aliphatic heterocycles. The number of methoxy groups -OCH3 is 2. The highest BCUT2D eigenvalue weighted by Gasteiger charge is 2.17. The standard InChI is InChI=1S/C20H26N4O3/c1-26-15-20(25)21-13-17-12-18-14-23(10-11-24(18)22-17)9-3-4-16-5-7-19(27-2)8-6-16/h3-8,12H,9-11,13-15H2,1-2H3,(H,21,25)/b4-3+. The van der Waals surface area contributed by atoms with E-state index < -0.39 is 0 Å². The van der Waals surface area contributed by atoms with Gasteiger partial charge >= 0.3 is 0 Å². The first-order valence-corrected chi connectivity index (χ1v) is 9.02. The minimum absolute atomic E-state index is 0.0713. The molecule has 0 spiro atoms. The van der Waals surface area contributed by atoms with Crippen LogP contribution in [0.3, 0.4) is 0 Å². The van der Waals surface area contributed by atoms with Gasteiger partial charge in [-0.25, -0.2) is 0 Å². The van der Waals surface area contributed by atoms with Crippen molar-refractivity contribution in [1.82, 2.24) is 20.0 Å². The molecule has 7 heteroatoms. The van der Waals surface area contributed by atoms with Crippen LogP contribution < -0.4 is 10.1 Å². The molecule has 0 aliphatic carbocycles. The summed E-state index contributed by atoms with van der Waals surface area (Å²) in [4.78, 5) is 13.9. The first kappa shape index (κ1) is 19.1. The molecule has 1 aromatic heterocycles. The fourth-order valence-corrected chi connectivity index (χ4v) is 3.05. The Balaban J connectivity index is 1.50. The topological polar surface area (TPSA) is 68.6 Å². The maximum absolute atomic E-state index is 11.5. The zero-order valence-electron chi connectivity index (χ0n) is 15.9. The van der Waals surface area contributed by atoms with E-state index in [0.29, 0.717) is 6.54 Å². The normalized spacial score (nSPS) is 14.3. The minimum atomic E-state index is -0.131. The van der Waals surface area contributed by atoms with Crippen LogP contribution in [0.25, 0.3) is 6.08 Å². The number of aromatic nitrogens is 2. The molecule has 27 heavy (non-hydrogen) atoms. The first-order chi connectivity index (χ1) is 13.2. The van der Waals surface area contributed by atoms with Crippen LogP contribution in [-0.4, -0.2) is 54.5 Å². The molecule has 0 radical (unpaired) electrons. The summed E-state index contributed by atoms with van der Waals surface area (Å²) in [5.74, 6) is 0.736. The molecule has 0 atom stereocenters. The average Bonchev–Trinajstić information content (AvgIpc) is 3.09. The summed E-state index contributed by atoms with van der Waals surface area (Å²) in [6, 6.07) is 10.1. The van der Waals surface area contributed by atoms with Gasteiger partial charge in [-0.1, -0.05) is 24.3 Å². The third-order valence-electron chi connectivity index (χ3n) is 4.46. The Morgan fingerprint density at radius 2 is 2.07 bits per heavy atom. The molecule has 1 aliphatic rings. The quantitative estimate of drug-likeness (QED) is 0.766. The predicted octanol–water partition coefficient (Wildman–Crippen LogP) is 1.68. The molecule has 0 unspecified atom stereocenters. The van der Waals surface area contributed by atoms with E-state index in [1.165, 1.54) is 12.8 Å². The van der Waals surface area contributed by atoms with Crippen molar-refractivity contribution in [3.05, 3.63) is 53.4 Å². The molecular weight excluding hydrogens is 344 g/mol. The summed E-state index contributed by atoms with van der Waals surface area (Å²) in [5, 5.41) is 7.37. The number of ether oxygens (including phenoxy) is 2. The molecule has 7 nitrogen and oxygen atoms in total. The second-order valence-corrected chi connectivity index (χ2v) is 6.47. The summed E-state index contributed by atoms with van der Waals surface area (Å²) in [6.45, 7) is 4.05. The van der Waals surface area contributed by atoms with E-state index in [0.717, 1.165) is 43.2 Å². The third kappa shape index (κ3) is 5.42. The predicted molar refractivity (Wildman–Crippen MR) is 103 cm³/mol. The summed E-state index contributed by atoms with van der Waals surface area (Å²) in [5.41, 5.74) is 3.21. The number of benzene rings is 1. The Kier molecular flexibility index (Phi) is 6.62. The van der Waals surface area contributed by atoms with E-state index in [9.17, 15) is 4.79 Å². The van der Waals surface area contributed by atoms with Crippen molar-refractivity contribution in [2.45, 2.75) is 19.6 Å². The number of hydrogen-bond donors (Lipinski definition) is 1. The van der Waals surface area contributed by atoms with Crippen LogP contribution in [-0.2, 0) is 29.2 Å². The van der Waals surface area contributed by atoms with Gasteiger partial charge in [-0.05, 0) is 23.8 Å². The monoisotopic (exact) mass is 370 g/mol. The van der Waals surface area contributed by atoms with E-state index in [4.69, 9.17) is 9.47 Å². The number of carbonyl (C=O) groups is 1. The van der Waals surface area contributed by atoms with E-state index in [1.54, 1.807) is 7.11 Å². The Hall–Kier alpha value is -2.64. The van der Waals surface area contributed by atoms with Crippen molar-refractivity contribution in [1.29, 1.82) is 0 Å². The van der Waals surface area contributed by atoms with Gasteiger partial charge in [0, 0.05) is 26.7 Å². The van der Waals surface area contributed by atoms with Crippen LogP contribution in [0.5, 0.6) is 5.75 Å². The maximum Gasteiger partial charge on any atom is 0.246 e. The Morgan fingerprint density at radius 3 is 2.81 bits per heavy atom. The van der Waals surface area contributed by atoms with E-state index in [1.807, 2.05) is 28.9 Å². The van der Waals surface area contributed by atoms with Crippen LogP contribution in [0.15, 0.2) is 36.4 Å². The van der Waals surface area contributed by atoms with Crippen molar-refractivity contribution in [2.24, 2.45) is 0 Å². The number of fused-ring (bicyclic) bond motifs is 1. The average molecular weight is 370 g/mol. The lowest BCUT2D eigenvalue weighted by atomic mass is 10.2. The fourth-order valence-electron chi connectivity index (χ4n) is 3.05. The van der Waals surface area contributed by atoms with Gasteiger partial charge in [-0.15, -0.1) is 0 Å². The largest absolute Gasteiger partial charge is 0.497 e. The van der Waals surface area contributed by atoms with Crippen LogP contribution in [0.1, 0.15) is 17.0 Å². The molecule has 1 amide bonds. The first-order valence-electron chi connectivity index (χ1n) is 9.02. The Morgan fingerprint density at radius 1 is 1.26 bits per heavy atom. The molecule has 2 heterocycles. The SMILES string of the molecule is COCC(=O)NCc1cc2n(n1)CCN(C/C=C/c1ccc(OC)cc1)C2. The second kappa shape index (κ2) is 9.34. The van der Waals surface area contributed by atoms with Gasteiger partial charge < -0.3 is 14.8 Å². The molecule has 0 saturated heterocycles. The zero-order valence-corrected chi connectivity index (χ0v) is 15.9. The van der Waals surface area contributed by atoms with Crippen molar-refractivity contribution < 1.29 is 14.3 Å². The number of nitrogens with zero attached hydrogens (tertiary/aromatic N) is 3. The van der Waals surface area contributed by atoms with Crippen molar-refractivity contribution in [2.75, 3.05) is 33.9 Å². The number of nitrogens with one attached hydrogen (secondary N) is 1. The molecular formula is C20H26N4O3. The summed E-state index contributed by atoms with van der Waals surface area (Å²) in [6.07, 6.45) is 4.31. The van der Waals surface area contributed by atoms with Crippen molar-refractivity contribution in [3.63, 3.8) is 0 Å². The zero-order chi connectivity index (χ0) is 19.1. The van der Waals surface area contributed by atoms with Crippen molar-refractivity contribution in [3.8, 4) is 5.75 Å². The molecule has 0 fully saturated rings. The van der Waals surface area contributed by atoms with Crippen LogP contribution in [0, 0.1) is 0 Å². The summed E-state index contributed by atoms with van der Waals surface area (Å²) < 4.78 is 12.0. The minimum Gasteiger partial charge on any atom is -0.497 e. The number of amides is 1. The van der Waals surface area contributed by atoms with Crippen LogP contribution in [0.4, 0.5) is 0 Å². The van der Waals surface area contributed by atoms with E-state index >= 15 is 0 Å². The summed E-state index contributed by atoms with van der Waals surface area (Å²) in [7, 11) is 3.18. The Labute approximate surface area is 159 Å². The lowest BCUT2D eigenvalue weighted by Gasteiger charge is -2.26. The van der Waals surface area contributed by atoms with E-state index in [-0.39, 0.29) is 12.5 Å². The lowest BCUT2D eigenvalue weighted by Crippen LogP contribution is -2.33. The lowest BCUT2D eigenvalue weighted by molar-refractivity contribution is -0.124. The highest BCUT2D eigenvalue weighted by Crippen LogP contribution is 2.15. The molecule has 144 valence electrons. The van der Waals surface area contributed by atoms with Gasteiger partial charge in [0.05, 0.1) is 31.6 Å². The van der Waals surface area contributed by atoms with Gasteiger partial charge in [-0.2, -0.15) is 5.10 Å². The highest BCUT2D eigenvalue weighted by atomic mass is 16.5. The van der Waals surface area contributed by atoms with Gasteiger partial charge in [0.25, 0.3) is 0 Å². The molecule has 0 saturated carbocycles. The number of rotatable bonds is 8. The number of hydrogen-bond acceptors (Lipinski definition) is 5. The smallest absolute Gasteiger partial charge is 0.246 e. The van der Waals surface area contributed by atoms with Gasteiger partial charge in [-0.3, -0.25) is 14.4 Å². The molecule has 3 rings (SSSR count). The van der Waals surface area contributed by atoms with Crippen LogP contribution >= 0.6 is 0 Å². The second-order valence-electron chi connectivity index (χ2n) is 6.47. The van der Waals surface area contributed by atoms with Crippen LogP contribution in [0.2, 0.25) is 0 Å². The van der Waals surface area contributed by atoms with Gasteiger partial charge in [0.15, 0.2) is 0 Å². The third-order valence-corrected chi connectivity index (χ3v) is 4.46. The maximum atomic E-state index is 11.5. The van der Waals surface area contributed by atoms with E-state index in [2.05, 4.69) is 33.5 Å². The molecule has 2 aromatic rings. The Bertz CT molecular complexity index is 783. The fraction of sp³-hybridized carbons (Fsp3) is 0.400.